The van der Waals surface area contributed by atoms with E-state index in [2.05, 4.69) is 19.9 Å². The number of carbonyl (C=O) groups is 1. The molecular weight excluding hydrogens is 251 g/mol. The maximum Gasteiger partial charge on any atom is 0.325 e. The predicted molar refractivity (Wildman–Crippen MR) is 57.5 cm³/mol. The van der Waals surface area contributed by atoms with E-state index in [1.165, 1.54) is 0 Å². The maximum atomic E-state index is 11.2. The second kappa shape index (κ2) is 8.05. The van der Waals surface area contributed by atoms with E-state index in [1.54, 1.807) is 0 Å². The van der Waals surface area contributed by atoms with Crippen LogP contribution in [-0.4, -0.2) is 48.4 Å². The number of carbonyl (C=O) groups excluding carboxylic acids is 1. The number of amides is 1. The van der Waals surface area contributed by atoms with Crippen molar-refractivity contribution in [3.63, 3.8) is 0 Å². The van der Waals surface area contributed by atoms with Gasteiger partial charge < -0.3 is 19.8 Å². The molecule has 1 amide bonds. The molecule has 2 atom stereocenters. The minimum absolute atomic E-state index is 0.0157. The van der Waals surface area contributed by atoms with E-state index in [-0.39, 0.29) is 19.6 Å². The molecule has 0 saturated heterocycles. The molecule has 4 N–H and O–H groups in total. The molecular formula is C7H16N4O5P+. The summed E-state index contributed by atoms with van der Waals surface area (Å²) in [5.74, 6) is -0.413. The molecule has 2 unspecified atom stereocenters. The Balaban J connectivity index is 3.99. The molecule has 9 nitrogen and oxygen atoms in total. The van der Waals surface area contributed by atoms with E-state index in [0.717, 1.165) is 6.66 Å². The van der Waals surface area contributed by atoms with Gasteiger partial charge in [-0.25, -0.2) is 0 Å². The van der Waals surface area contributed by atoms with Crippen molar-refractivity contribution < 1.29 is 23.9 Å². The van der Waals surface area contributed by atoms with Gasteiger partial charge >= 0.3 is 7.60 Å². The molecule has 0 fully saturated rings. The van der Waals surface area contributed by atoms with E-state index in [1.807, 2.05) is 0 Å². The molecule has 98 valence electrons. The van der Waals surface area contributed by atoms with Gasteiger partial charge in [-0.15, -0.1) is 0 Å². The maximum absolute atomic E-state index is 11.2. The summed E-state index contributed by atoms with van der Waals surface area (Å²) in [6.07, 6.45) is 0.0157. The molecule has 0 aromatic carbocycles. The number of hydrogen-bond acceptors (Lipinski definition) is 6. The lowest BCUT2D eigenvalue weighted by molar-refractivity contribution is -0.122. The van der Waals surface area contributed by atoms with Crippen LogP contribution in [0, 0.1) is 5.53 Å². The molecule has 0 aliphatic heterocycles. The average Bonchev–Trinajstić information content (AvgIpc) is 2.23. The van der Waals surface area contributed by atoms with Crippen molar-refractivity contribution in [2.75, 3.05) is 26.4 Å². The highest BCUT2D eigenvalue weighted by molar-refractivity contribution is 7.51. The molecule has 17 heavy (non-hydrogen) atoms. The molecule has 10 heteroatoms. The van der Waals surface area contributed by atoms with Gasteiger partial charge in [-0.1, -0.05) is 0 Å². The van der Waals surface area contributed by atoms with Gasteiger partial charge in [-0.2, -0.15) is 0 Å². The molecule has 0 saturated carbocycles. The quantitative estimate of drug-likeness (QED) is 0.259. The van der Waals surface area contributed by atoms with Gasteiger partial charge in [-0.3, -0.25) is 9.36 Å². The van der Waals surface area contributed by atoms with Crippen LogP contribution in [0.2, 0.25) is 0 Å². The van der Waals surface area contributed by atoms with Crippen molar-refractivity contribution in [2.45, 2.75) is 12.5 Å². The lowest BCUT2D eigenvalue weighted by atomic mass is 10.3. The lowest BCUT2D eigenvalue weighted by Gasteiger charge is -2.16. The molecule has 0 rings (SSSR count). The van der Waals surface area contributed by atoms with Crippen molar-refractivity contribution in [3.05, 3.63) is 0 Å². The first-order chi connectivity index (χ1) is 7.89. The van der Waals surface area contributed by atoms with Crippen molar-refractivity contribution in [1.82, 2.24) is 10.2 Å². The second-order valence-electron chi connectivity index (χ2n) is 3.26. The number of rotatable bonds is 8. The summed E-state index contributed by atoms with van der Waals surface area (Å²) in [5.41, 5.74) is 6.37. The van der Waals surface area contributed by atoms with Gasteiger partial charge in [-0.05, 0) is 0 Å². The molecule has 0 aromatic rings. The van der Waals surface area contributed by atoms with E-state index in [4.69, 9.17) is 15.5 Å². The molecule has 0 aliphatic carbocycles. The van der Waals surface area contributed by atoms with Crippen LogP contribution in [0.4, 0.5) is 0 Å². The zero-order valence-corrected chi connectivity index (χ0v) is 10.3. The van der Waals surface area contributed by atoms with Gasteiger partial charge in [0.25, 0.3) is 0 Å². The van der Waals surface area contributed by atoms with E-state index in [9.17, 15) is 9.36 Å². The molecule has 0 aliphatic rings. The van der Waals surface area contributed by atoms with Crippen molar-refractivity contribution in [2.24, 2.45) is 5.11 Å². The fourth-order valence-electron chi connectivity index (χ4n) is 0.870. The number of nitrogens with one attached hydrogen (secondary N) is 2. The van der Waals surface area contributed by atoms with Crippen LogP contribution in [0.15, 0.2) is 5.11 Å². The van der Waals surface area contributed by atoms with Crippen LogP contribution in [0.1, 0.15) is 6.42 Å². The highest BCUT2D eigenvalue weighted by Gasteiger charge is 2.17. The molecule has 0 spiro atoms. The first-order valence-electron chi connectivity index (χ1n) is 4.77. The Morgan fingerprint density at radius 1 is 1.71 bits per heavy atom. The van der Waals surface area contributed by atoms with Crippen molar-refractivity contribution in [1.29, 1.82) is 5.53 Å². The smallest absolute Gasteiger partial charge is 0.325 e. The van der Waals surface area contributed by atoms with Gasteiger partial charge in [0.1, 0.15) is 17.2 Å². The fraction of sp³-hybridized carbons (Fsp3) is 0.857. The van der Waals surface area contributed by atoms with Crippen molar-refractivity contribution in [3.8, 4) is 0 Å². The summed E-state index contributed by atoms with van der Waals surface area (Å²) in [4.78, 5) is 22.8. The number of nitrogens with zero attached hydrogens (tertiary/aromatic N) is 2. The third kappa shape index (κ3) is 9.80. The van der Waals surface area contributed by atoms with E-state index >= 15 is 0 Å². The normalized spacial score (nSPS) is 15.5. The first-order valence-corrected chi connectivity index (χ1v) is 6.79. The number of aliphatic hydroxyl groups is 1. The summed E-state index contributed by atoms with van der Waals surface area (Å²) in [7, 11) is -3.62. The molecule has 0 aromatic heterocycles. The fourth-order valence-corrected chi connectivity index (χ4v) is 1.33. The van der Waals surface area contributed by atoms with Crippen LogP contribution >= 0.6 is 7.60 Å². The highest BCUT2D eigenvalue weighted by atomic mass is 31.2. The Labute approximate surface area is 97.9 Å². The highest BCUT2D eigenvalue weighted by Crippen LogP contribution is 2.36. The number of aliphatic hydroxyl groups excluding tert-OH is 1. The Morgan fingerprint density at radius 2 is 2.35 bits per heavy atom. The summed E-state index contributed by atoms with van der Waals surface area (Å²) in [5, 5.41) is 14.6. The summed E-state index contributed by atoms with van der Waals surface area (Å²) in [6, 6.07) is -0.754. The Bertz CT molecular complexity index is 337. The zero-order valence-electron chi connectivity index (χ0n) is 9.37. The van der Waals surface area contributed by atoms with Gasteiger partial charge in [0.15, 0.2) is 0 Å². The largest absolute Gasteiger partial charge is 0.394 e. The lowest BCUT2D eigenvalue weighted by Crippen LogP contribution is -2.40. The van der Waals surface area contributed by atoms with Gasteiger partial charge in [0.2, 0.25) is 10.8 Å². The molecule has 0 radical (unpaired) electrons. The van der Waals surface area contributed by atoms with E-state index < -0.39 is 26.2 Å². The van der Waals surface area contributed by atoms with Crippen LogP contribution in [0.25, 0.3) is 0 Å². The summed E-state index contributed by atoms with van der Waals surface area (Å²) < 4.78 is 15.4. The Morgan fingerprint density at radius 3 is 2.82 bits per heavy atom. The molecule has 0 heterocycles. The third-order valence-corrected chi connectivity index (χ3v) is 2.24. The van der Waals surface area contributed by atoms with Crippen LogP contribution in [0.5, 0.6) is 0 Å². The predicted octanol–water partition coefficient (Wildman–Crippen LogP) is -0.764. The minimum atomic E-state index is -3.62. The number of hydrogen-bond donors (Lipinski definition) is 4. The summed E-state index contributed by atoms with van der Waals surface area (Å²) in [6.45, 7) is 0.413. The molecule has 0 bridgehead atoms. The first kappa shape index (κ1) is 15.9. The SMILES string of the molecule is CP(=O)(O)OCC(CO)NC(=O)CCN=[N+]=N. The van der Waals surface area contributed by atoms with Crippen LogP contribution in [-0.2, 0) is 13.9 Å². The van der Waals surface area contributed by atoms with E-state index in [0.29, 0.717) is 0 Å². The standard InChI is InChI=1S/C7H15N4O5P/c1-17(14,15)16-5-6(4-12)10-7(13)2-3-9-11-8/h6,8,12H,2-5H2,1H3,(H-,10,13,14,15)/p+1. The zero-order chi connectivity index (χ0) is 13.3. The average molecular weight is 267 g/mol. The van der Waals surface area contributed by atoms with Gasteiger partial charge in [0.05, 0.1) is 25.7 Å². The van der Waals surface area contributed by atoms with Crippen LogP contribution in [0.3, 0.4) is 0 Å². The second-order valence-corrected chi connectivity index (χ2v) is 5.12. The Hall–Kier alpha value is -1.11. The van der Waals surface area contributed by atoms with Crippen LogP contribution < -0.4 is 10.2 Å². The minimum Gasteiger partial charge on any atom is -0.394 e. The third-order valence-electron chi connectivity index (χ3n) is 1.61. The monoisotopic (exact) mass is 267 g/mol. The van der Waals surface area contributed by atoms with Crippen molar-refractivity contribution >= 4 is 13.5 Å². The van der Waals surface area contributed by atoms with Gasteiger partial charge in [0, 0.05) is 6.66 Å². The topological polar surface area (TPSA) is 146 Å². The summed E-state index contributed by atoms with van der Waals surface area (Å²) >= 11 is 0. The Kier molecular flexibility index (Phi) is 7.53.